The highest BCUT2D eigenvalue weighted by Gasteiger charge is 2.31. The van der Waals surface area contributed by atoms with Crippen molar-refractivity contribution in [3.63, 3.8) is 0 Å². The normalized spacial score (nSPS) is 21.6. The number of carbonyl (C=O) groups excluding carboxylic acids is 1. The molecule has 1 aromatic rings. The third-order valence-corrected chi connectivity index (χ3v) is 7.34. The molecule has 1 saturated heterocycles. The van der Waals surface area contributed by atoms with Gasteiger partial charge in [-0.25, -0.2) is 8.42 Å². The van der Waals surface area contributed by atoms with Crippen molar-refractivity contribution in [1.29, 1.82) is 0 Å². The lowest BCUT2D eigenvalue weighted by molar-refractivity contribution is -0.127. The maximum atomic E-state index is 12.6. The molecule has 0 bridgehead atoms. The summed E-state index contributed by atoms with van der Waals surface area (Å²) in [4.78, 5) is 14.5. The standard InChI is InChI=1S/C19H29N3O3S/c1-16(19(23)20-18-9-5-6-10-18)21-11-13-22(14-12-21)26(24,25)15-17-7-3-2-4-8-17/h2-4,7-8,16,18H,5-6,9-15H2,1H3,(H,20,23)/t16-/m1/s1. The summed E-state index contributed by atoms with van der Waals surface area (Å²) in [5, 5.41) is 3.14. The van der Waals surface area contributed by atoms with Crippen LogP contribution in [0, 0.1) is 0 Å². The number of hydrogen-bond donors (Lipinski definition) is 1. The second-order valence-corrected chi connectivity index (χ2v) is 9.31. The lowest BCUT2D eigenvalue weighted by Gasteiger charge is -2.37. The van der Waals surface area contributed by atoms with Crippen LogP contribution in [-0.2, 0) is 20.6 Å². The second kappa shape index (κ2) is 8.50. The van der Waals surface area contributed by atoms with Gasteiger partial charge < -0.3 is 5.32 Å². The van der Waals surface area contributed by atoms with Crippen LogP contribution >= 0.6 is 0 Å². The minimum Gasteiger partial charge on any atom is -0.352 e. The molecule has 3 rings (SSSR count). The Morgan fingerprint density at radius 3 is 2.35 bits per heavy atom. The van der Waals surface area contributed by atoms with Gasteiger partial charge in [0.25, 0.3) is 0 Å². The Morgan fingerprint density at radius 1 is 1.12 bits per heavy atom. The first-order valence-electron chi connectivity index (χ1n) is 9.52. The fourth-order valence-corrected chi connectivity index (χ4v) is 5.32. The summed E-state index contributed by atoms with van der Waals surface area (Å²) in [5.74, 6) is 0.100. The first-order chi connectivity index (χ1) is 12.5. The summed E-state index contributed by atoms with van der Waals surface area (Å²) in [6, 6.07) is 9.37. The van der Waals surface area contributed by atoms with E-state index in [1.54, 1.807) is 4.31 Å². The molecule has 0 radical (unpaired) electrons. The van der Waals surface area contributed by atoms with Gasteiger partial charge in [-0.05, 0) is 25.3 Å². The van der Waals surface area contributed by atoms with Crippen LogP contribution in [0.4, 0.5) is 0 Å². The summed E-state index contributed by atoms with van der Waals surface area (Å²) in [5.41, 5.74) is 0.805. The zero-order chi connectivity index (χ0) is 18.6. The number of amides is 1. The third-order valence-electron chi connectivity index (χ3n) is 5.49. The van der Waals surface area contributed by atoms with Crippen molar-refractivity contribution < 1.29 is 13.2 Å². The van der Waals surface area contributed by atoms with Crippen LogP contribution in [0.1, 0.15) is 38.2 Å². The SMILES string of the molecule is C[C@H](C(=O)NC1CCCC1)N1CCN(S(=O)(=O)Cc2ccccc2)CC1. The zero-order valence-electron chi connectivity index (χ0n) is 15.4. The van der Waals surface area contributed by atoms with E-state index in [9.17, 15) is 13.2 Å². The number of hydrogen-bond acceptors (Lipinski definition) is 4. The van der Waals surface area contributed by atoms with Crippen molar-refractivity contribution in [1.82, 2.24) is 14.5 Å². The monoisotopic (exact) mass is 379 g/mol. The second-order valence-electron chi connectivity index (χ2n) is 7.34. The van der Waals surface area contributed by atoms with Gasteiger partial charge in [-0.1, -0.05) is 43.2 Å². The molecule has 7 heteroatoms. The number of piperazine rings is 1. The molecule has 1 aliphatic carbocycles. The van der Waals surface area contributed by atoms with Gasteiger partial charge in [0, 0.05) is 32.2 Å². The quantitative estimate of drug-likeness (QED) is 0.815. The largest absolute Gasteiger partial charge is 0.352 e. The van der Waals surface area contributed by atoms with Crippen LogP contribution in [0.2, 0.25) is 0 Å². The Balaban J connectivity index is 1.50. The lowest BCUT2D eigenvalue weighted by atomic mass is 10.2. The molecule has 6 nitrogen and oxygen atoms in total. The van der Waals surface area contributed by atoms with Crippen LogP contribution in [0.3, 0.4) is 0 Å². The summed E-state index contributed by atoms with van der Waals surface area (Å²) in [7, 11) is -3.32. The van der Waals surface area contributed by atoms with Crippen molar-refractivity contribution in [2.75, 3.05) is 26.2 Å². The molecule has 1 amide bonds. The Kier molecular flexibility index (Phi) is 6.32. The Hall–Kier alpha value is -1.44. The van der Waals surface area contributed by atoms with E-state index in [1.807, 2.05) is 37.3 Å². The van der Waals surface area contributed by atoms with Gasteiger partial charge in [-0.3, -0.25) is 9.69 Å². The molecule has 1 saturated carbocycles. The highest BCUT2D eigenvalue weighted by atomic mass is 32.2. The Morgan fingerprint density at radius 2 is 1.73 bits per heavy atom. The molecule has 26 heavy (non-hydrogen) atoms. The van der Waals surface area contributed by atoms with Crippen molar-refractivity contribution in [2.24, 2.45) is 0 Å². The van der Waals surface area contributed by atoms with E-state index in [0.29, 0.717) is 32.2 Å². The average Bonchev–Trinajstić information content (AvgIpc) is 3.14. The van der Waals surface area contributed by atoms with E-state index in [0.717, 1.165) is 18.4 Å². The molecular weight excluding hydrogens is 350 g/mol. The maximum absolute atomic E-state index is 12.6. The summed E-state index contributed by atoms with van der Waals surface area (Å²) < 4.78 is 26.8. The number of sulfonamides is 1. The first-order valence-corrected chi connectivity index (χ1v) is 11.1. The molecule has 1 aliphatic heterocycles. The van der Waals surface area contributed by atoms with E-state index >= 15 is 0 Å². The van der Waals surface area contributed by atoms with E-state index in [-0.39, 0.29) is 17.7 Å². The summed E-state index contributed by atoms with van der Waals surface area (Å²) >= 11 is 0. The van der Waals surface area contributed by atoms with Crippen molar-refractivity contribution >= 4 is 15.9 Å². The molecule has 1 N–H and O–H groups in total. The Bertz CT molecular complexity index is 694. The summed E-state index contributed by atoms with van der Waals surface area (Å²) in [6.07, 6.45) is 4.53. The average molecular weight is 380 g/mol. The predicted octanol–water partition coefficient (Wildman–Crippen LogP) is 1.58. The van der Waals surface area contributed by atoms with E-state index < -0.39 is 10.0 Å². The zero-order valence-corrected chi connectivity index (χ0v) is 16.2. The fraction of sp³-hybridized carbons (Fsp3) is 0.632. The molecular formula is C19H29N3O3S. The number of benzene rings is 1. The predicted molar refractivity (Wildman–Crippen MR) is 102 cm³/mol. The summed E-state index contributed by atoms with van der Waals surface area (Å²) in [6.45, 7) is 3.98. The smallest absolute Gasteiger partial charge is 0.237 e. The van der Waals surface area contributed by atoms with Gasteiger partial charge in [0.15, 0.2) is 0 Å². The van der Waals surface area contributed by atoms with Crippen LogP contribution in [0.25, 0.3) is 0 Å². The molecule has 1 heterocycles. The van der Waals surface area contributed by atoms with Crippen molar-refractivity contribution in [3.8, 4) is 0 Å². The van der Waals surface area contributed by atoms with E-state index in [1.165, 1.54) is 12.8 Å². The third kappa shape index (κ3) is 4.84. The molecule has 0 spiro atoms. The van der Waals surface area contributed by atoms with E-state index in [2.05, 4.69) is 10.2 Å². The van der Waals surface area contributed by atoms with Crippen LogP contribution < -0.4 is 5.32 Å². The van der Waals surface area contributed by atoms with Crippen LogP contribution in [-0.4, -0.2) is 61.8 Å². The molecule has 2 aliphatic rings. The molecule has 144 valence electrons. The van der Waals surface area contributed by atoms with Gasteiger partial charge in [0.05, 0.1) is 11.8 Å². The number of rotatable bonds is 6. The molecule has 0 aromatic heterocycles. The van der Waals surface area contributed by atoms with Gasteiger partial charge in [-0.15, -0.1) is 0 Å². The van der Waals surface area contributed by atoms with Gasteiger partial charge in [-0.2, -0.15) is 4.31 Å². The maximum Gasteiger partial charge on any atom is 0.237 e. The molecule has 1 aromatic carbocycles. The molecule has 1 atom stereocenters. The van der Waals surface area contributed by atoms with Crippen LogP contribution in [0.15, 0.2) is 30.3 Å². The number of nitrogens with one attached hydrogen (secondary N) is 1. The van der Waals surface area contributed by atoms with Crippen molar-refractivity contribution in [3.05, 3.63) is 35.9 Å². The first kappa shape index (κ1) is 19.3. The topological polar surface area (TPSA) is 69.7 Å². The highest BCUT2D eigenvalue weighted by Crippen LogP contribution is 2.19. The number of carbonyl (C=O) groups is 1. The highest BCUT2D eigenvalue weighted by molar-refractivity contribution is 7.88. The van der Waals surface area contributed by atoms with Crippen molar-refractivity contribution in [2.45, 2.75) is 50.4 Å². The van der Waals surface area contributed by atoms with Gasteiger partial charge in [0.1, 0.15) is 0 Å². The molecule has 2 fully saturated rings. The minimum absolute atomic E-state index is 0.0333. The fourth-order valence-electron chi connectivity index (χ4n) is 3.80. The minimum atomic E-state index is -3.32. The molecule has 0 unspecified atom stereocenters. The van der Waals surface area contributed by atoms with E-state index in [4.69, 9.17) is 0 Å². The Labute approximate surface area is 156 Å². The lowest BCUT2D eigenvalue weighted by Crippen LogP contribution is -2.55. The number of nitrogens with zero attached hydrogens (tertiary/aromatic N) is 2. The van der Waals surface area contributed by atoms with Gasteiger partial charge in [0.2, 0.25) is 15.9 Å². The van der Waals surface area contributed by atoms with Gasteiger partial charge >= 0.3 is 0 Å². The van der Waals surface area contributed by atoms with Crippen LogP contribution in [0.5, 0.6) is 0 Å².